The second-order valence-electron chi connectivity index (χ2n) is 4.54. The zero-order chi connectivity index (χ0) is 13.1. The van der Waals surface area contributed by atoms with Gasteiger partial charge in [0.05, 0.1) is 6.20 Å². The van der Waals surface area contributed by atoms with Crippen molar-refractivity contribution in [1.82, 2.24) is 19.9 Å². The predicted molar refractivity (Wildman–Crippen MR) is 62.0 cm³/mol. The van der Waals surface area contributed by atoms with Crippen molar-refractivity contribution in [2.24, 2.45) is 0 Å². The number of rotatable bonds is 3. The smallest absolute Gasteiger partial charge is 0.358 e. The van der Waals surface area contributed by atoms with Gasteiger partial charge < -0.3 is 10.0 Å². The lowest BCUT2D eigenvalue weighted by molar-refractivity contribution is -0.135. The average molecular weight is 252 g/mol. The van der Waals surface area contributed by atoms with E-state index in [1.807, 2.05) is 11.8 Å². The summed E-state index contributed by atoms with van der Waals surface area (Å²) >= 11 is 0. The van der Waals surface area contributed by atoms with E-state index in [4.69, 9.17) is 5.11 Å². The van der Waals surface area contributed by atoms with E-state index in [1.54, 1.807) is 0 Å². The summed E-state index contributed by atoms with van der Waals surface area (Å²) in [5.41, 5.74) is -0.144. The molecule has 1 N–H and O–H groups in total. The molecule has 2 rings (SSSR count). The molecular weight excluding hydrogens is 236 g/mol. The summed E-state index contributed by atoms with van der Waals surface area (Å²) in [6, 6.07) is 0.244. The van der Waals surface area contributed by atoms with Crippen LogP contribution in [0.25, 0.3) is 0 Å². The molecule has 1 unspecified atom stereocenters. The molecular formula is C11H16N4O3. The normalized spacial score (nSPS) is 19.8. The molecule has 1 aliphatic heterocycles. The largest absolute Gasteiger partial charge is 0.476 e. The molecule has 1 atom stereocenters. The van der Waals surface area contributed by atoms with Gasteiger partial charge in [-0.3, -0.25) is 4.79 Å². The molecule has 0 aliphatic carbocycles. The Balaban J connectivity index is 1.99. The van der Waals surface area contributed by atoms with Gasteiger partial charge in [0.2, 0.25) is 5.91 Å². The van der Waals surface area contributed by atoms with E-state index in [1.165, 1.54) is 10.9 Å². The molecule has 98 valence electrons. The molecule has 1 aromatic heterocycles. The topological polar surface area (TPSA) is 88.3 Å². The van der Waals surface area contributed by atoms with E-state index < -0.39 is 5.97 Å². The zero-order valence-electron chi connectivity index (χ0n) is 10.2. The van der Waals surface area contributed by atoms with Crippen molar-refractivity contribution >= 4 is 11.9 Å². The number of carbonyl (C=O) groups excluding carboxylic acids is 1. The van der Waals surface area contributed by atoms with Gasteiger partial charge >= 0.3 is 5.97 Å². The van der Waals surface area contributed by atoms with Crippen molar-refractivity contribution in [1.29, 1.82) is 0 Å². The molecule has 1 aliphatic rings. The first-order valence-corrected chi connectivity index (χ1v) is 6.01. The number of amides is 1. The van der Waals surface area contributed by atoms with Gasteiger partial charge in [0, 0.05) is 12.6 Å². The third kappa shape index (κ3) is 2.66. The van der Waals surface area contributed by atoms with E-state index in [0.717, 1.165) is 25.8 Å². The molecule has 0 bridgehead atoms. The number of aromatic nitrogens is 3. The summed E-state index contributed by atoms with van der Waals surface area (Å²) in [5, 5.41) is 15.8. The van der Waals surface area contributed by atoms with Crippen molar-refractivity contribution in [3.05, 3.63) is 11.9 Å². The number of nitrogens with zero attached hydrogens (tertiary/aromatic N) is 4. The lowest BCUT2D eigenvalue weighted by Gasteiger charge is -2.33. The SMILES string of the molecule is CC1CCCCN1C(=O)Cn1cc(C(=O)O)nn1. The molecule has 0 spiro atoms. The number of hydrogen-bond donors (Lipinski definition) is 1. The van der Waals surface area contributed by atoms with Gasteiger partial charge in [0.15, 0.2) is 5.69 Å². The Hall–Kier alpha value is -1.92. The lowest BCUT2D eigenvalue weighted by Crippen LogP contribution is -2.43. The average Bonchev–Trinajstić information content (AvgIpc) is 2.78. The first-order chi connectivity index (χ1) is 8.58. The van der Waals surface area contributed by atoms with Crippen LogP contribution in [0.4, 0.5) is 0 Å². The van der Waals surface area contributed by atoms with Crippen LogP contribution in [0.3, 0.4) is 0 Å². The third-order valence-corrected chi connectivity index (χ3v) is 3.18. The third-order valence-electron chi connectivity index (χ3n) is 3.18. The van der Waals surface area contributed by atoms with Gasteiger partial charge in [-0.15, -0.1) is 5.10 Å². The second kappa shape index (κ2) is 5.16. The fourth-order valence-corrected chi connectivity index (χ4v) is 2.17. The Bertz CT molecular complexity index is 457. The fourth-order valence-electron chi connectivity index (χ4n) is 2.17. The first-order valence-electron chi connectivity index (χ1n) is 6.01. The minimum Gasteiger partial charge on any atom is -0.476 e. The highest BCUT2D eigenvalue weighted by molar-refractivity contribution is 5.84. The van der Waals surface area contributed by atoms with Gasteiger partial charge in [-0.1, -0.05) is 5.21 Å². The van der Waals surface area contributed by atoms with Crippen LogP contribution >= 0.6 is 0 Å². The molecule has 18 heavy (non-hydrogen) atoms. The maximum Gasteiger partial charge on any atom is 0.358 e. The van der Waals surface area contributed by atoms with Crippen molar-refractivity contribution in [3.63, 3.8) is 0 Å². The zero-order valence-corrected chi connectivity index (χ0v) is 10.2. The van der Waals surface area contributed by atoms with Gasteiger partial charge in [-0.2, -0.15) is 0 Å². The highest BCUT2D eigenvalue weighted by Crippen LogP contribution is 2.16. The molecule has 1 amide bonds. The number of carboxylic acids is 1. The lowest BCUT2D eigenvalue weighted by atomic mass is 10.0. The van der Waals surface area contributed by atoms with Crippen LogP contribution in [0, 0.1) is 0 Å². The van der Waals surface area contributed by atoms with Gasteiger partial charge in [-0.05, 0) is 26.2 Å². The Morgan fingerprint density at radius 2 is 2.28 bits per heavy atom. The highest BCUT2D eigenvalue weighted by atomic mass is 16.4. The number of hydrogen-bond acceptors (Lipinski definition) is 4. The number of carbonyl (C=O) groups is 2. The van der Waals surface area contributed by atoms with Crippen LogP contribution in [0.1, 0.15) is 36.7 Å². The minimum absolute atomic E-state index is 0.0379. The highest BCUT2D eigenvalue weighted by Gasteiger charge is 2.23. The summed E-state index contributed by atoms with van der Waals surface area (Å²) in [5.74, 6) is -1.18. The van der Waals surface area contributed by atoms with E-state index in [9.17, 15) is 9.59 Å². The molecule has 1 fully saturated rings. The summed E-state index contributed by atoms with van der Waals surface area (Å²) in [4.78, 5) is 24.5. The molecule has 7 nitrogen and oxygen atoms in total. The van der Waals surface area contributed by atoms with Crippen molar-refractivity contribution in [3.8, 4) is 0 Å². The quantitative estimate of drug-likeness (QED) is 0.840. The molecule has 0 aromatic carbocycles. The first kappa shape index (κ1) is 12.5. The summed E-state index contributed by atoms with van der Waals surface area (Å²) in [6.07, 6.45) is 4.46. The van der Waals surface area contributed by atoms with Gasteiger partial charge in [-0.25, -0.2) is 9.48 Å². The number of likely N-dealkylation sites (tertiary alicyclic amines) is 1. The number of piperidine rings is 1. The Labute approximate surface area is 104 Å². The molecule has 2 heterocycles. The van der Waals surface area contributed by atoms with Crippen molar-refractivity contribution in [2.75, 3.05) is 6.54 Å². The molecule has 0 radical (unpaired) electrons. The Morgan fingerprint density at radius 3 is 2.89 bits per heavy atom. The van der Waals surface area contributed by atoms with Crippen LogP contribution in [-0.4, -0.2) is 49.5 Å². The maximum atomic E-state index is 12.0. The van der Waals surface area contributed by atoms with Crippen molar-refractivity contribution < 1.29 is 14.7 Å². The summed E-state index contributed by atoms with van der Waals surface area (Å²) in [6.45, 7) is 2.84. The minimum atomic E-state index is -1.14. The summed E-state index contributed by atoms with van der Waals surface area (Å²) < 4.78 is 1.27. The van der Waals surface area contributed by atoms with Crippen LogP contribution in [0.5, 0.6) is 0 Å². The number of aromatic carboxylic acids is 1. The van der Waals surface area contributed by atoms with Crippen LogP contribution in [0.2, 0.25) is 0 Å². The molecule has 1 saturated heterocycles. The second-order valence-corrected chi connectivity index (χ2v) is 4.54. The standard InChI is InChI=1S/C11H16N4O3/c1-8-4-2-3-5-15(8)10(16)7-14-6-9(11(17)18)12-13-14/h6,8H,2-5,7H2,1H3,(H,17,18). The van der Waals surface area contributed by atoms with E-state index >= 15 is 0 Å². The van der Waals surface area contributed by atoms with Crippen molar-refractivity contribution in [2.45, 2.75) is 38.8 Å². The van der Waals surface area contributed by atoms with E-state index in [2.05, 4.69) is 10.3 Å². The maximum absolute atomic E-state index is 12.0. The van der Waals surface area contributed by atoms with Crippen LogP contribution in [0.15, 0.2) is 6.20 Å². The van der Waals surface area contributed by atoms with E-state index in [0.29, 0.717) is 0 Å². The Kier molecular flexibility index (Phi) is 3.59. The van der Waals surface area contributed by atoms with Crippen LogP contribution in [-0.2, 0) is 11.3 Å². The van der Waals surface area contributed by atoms with Crippen LogP contribution < -0.4 is 0 Å². The fraction of sp³-hybridized carbons (Fsp3) is 0.636. The molecule has 1 aromatic rings. The van der Waals surface area contributed by atoms with Gasteiger partial charge in [0.25, 0.3) is 0 Å². The summed E-state index contributed by atoms with van der Waals surface area (Å²) in [7, 11) is 0. The Morgan fingerprint density at radius 1 is 1.50 bits per heavy atom. The van der Waals surface area contributed by atoms with Gasteiger partial charge in [0.1, 0.15) is 6.54 Å². The number of carboxylic acid groups (broad SMARTS) is 1. The monoisotopic (exact) mass is 252 g/mol. The van der Waals surface area contributed by atoms with E-state index in [-0.39, 0.29) is 24.2 Å². The molecule has 7 heteroatoms. The molecule has 0 saturated carbocycles. The predicted octanol–water partition coefficient (Wildman–Crippen LogP) is 0.377.